The summed E-state index contributed by atoms with van der Waals surface area (Å²) < 4.78 is 7.58. The van der Waals surface area contributed by atoms with E-state index in [1.54, 1.807) is 7.11 Å². The molecule has 0 bridgehead atoms. The van der Waals surface area contributed by atoms with Crippen molar-refractivity contribution in [1.82, 2.24) is 14.9 Å². The van der Waals surface area contributed by atoms with Crippen molar-refractivity contribution in [3.63, 3.8) is 0 Å². The van der Waals surface area contributed by atoms with E-state index in [0.29, 0.717) is 10.1 Å². The molecule has 4 aromatic rings. The summed E-state index contributed by atoms with van der Waals surface area (Å²) in [6.45, 7) is 4.24. The fourth-order valence-corrected chi connectivity index (χ4v) is 5.35. The molecule has 5 nitrogen and oxygen atoms in total. The molecule has 0 aliphatic carbocycles. The minimum atomic E-state index is -0.115. The van der Waals surface area contributed by atoms with E-state index >= 15 is 0 Å². The van der Waals surface area contributed by atoms with Gasteiger partial charge in [0.15, 0.2) is 5.11 Å². The molecule has 34 heavy (non-hydrogen) atoms. The maximum atomic E-state index is 6.59. The highest BCUT2D eigenvalue weighted by Gasteiger charge is 2.42. The molecule has 3 heterocycles. The molecule has 0 spiro atoms. The topological polar surface area (TPSA) is 42.3 Å². The van der Waals surface area contributed by atoms with Crippen molar-refractivity contribution in [1.29, 1.82) is 0 Å². The summed E-state index contributed by atoms with van der Waals surface area (Å²) in [5.41, 5.74) is 6.27. The van der Waals surface area contributed by atoms with Crippen LogP contribution in [0.15, 0.2) is 79.0 Å². The molecule has 172 valence electrons. The van der Waals surface area contributed by atoms with Crippen LogP contribution in [0.25, 0.3) is 5.69 Å². The lowest BCUT2D eigenvalue weighted by atomic mass is 9.96. The highest BCUT2D eigenvalue weighted by atomic mass is 35.5. The predicted molar refractivity (Wildman–Crippen MR) is 141 cm³/mol. The predicted octanol–water partition coefficient (Wildman–Crippen LogP) is 6.33. The zero-order valence-electron chi connectivity index (χ0n) is 19.2. The number of thiocarbonyl (C=S) groups is 1. The number of rotatable bonds is 5. The average molecular weight is 489 g/mol. The first kappa shape index (κ1) is 22.4. The number of halogens is 1. The summed E-state index contributed by atoms with van der Waals surface area (Å²) in [5, 5.41) is 4.90. The molecular formula is C27H25ClN4OS. The van der Waals surface area contributed by atoms with Gasteiger partial charge in [-0.2, -0.15) is 0 Å². The summed E-state index contributed by atoms with van der Waals surface area (Å²) in [6, 6.07) is 23.9. The second kappa shape index (κ2) is 9.12. The van der Waals surface area contributed by atoms with Crippen LogP contribution in [-0.2, 0) is 0 Å². The van der Waals surface area contributed by atoms with Gasteiger partial charge in [0.2, 0.25) is 0 Å². The van der Waals surface area contributed by atoms with Crippen LogP contribution in [0.2, 0.25) is 5.02 Å². The summed E-state index contributed by atoms with van der Waals surface area (Å²) in [7, 11) is 1.67. The second-order valence-electron chi connectivity index (χ2n) is 8.31. The Labute approximate surface area is 210 Å². The zero-order chi connectivity index (χ0) is 23.8. The van der Waals surface area contributed by atoms with Crippen molar-refractivity contribution in [2.75, 3.05) is 12.0 Å². The zero-order valence-corrected chi connectivity index (χ0v) is 20.8. The molecule has 1 aliphatic rings. The lowest BCUT2D eigenvalue weighted by Gasteiger charge is -2.28. The van der Waals surface area contributed by atoms with Crippen molar-refractivity contribution in [3.8, 4) is 11.4 Å². The summed E-state index contributed by atoms with van der Waals surface area (Å²) >= 11 is 12.4. The molecule has 0 amide bonds. The van der Waals surface area contributed by atoms with Gasteiger partial charge in [0.1, 0.15) is 5.75 Å². The van der Waals surface area contributed by atoms with Crippen LogP contribution in [0.1, 0.15) is 34.7 Å². The summed E-state index contributed by atoms with van der Waals surface area (Å²) in [4.78, 5) is 6.83. The molecule has 2 atom stereocenters. The number of pyridine rings is 1. The third-order valence-corrected chi connectivity index (χ3v) is 6.97. The number of nitrogens with zero attached hydrogens (tertiary/aromatic N) is 3. The molecule has 7 heteroatoms. The number of hydrogen-bond acceptors (Lipinski definition) is 3. The number of para-hydroxylation sites is 1. The van der Waals surface area contributed by atoms with E-state index in [2.05, 4.69) is 39.7 Å². The van der Waals surface area contributed by atoms with Gasteiger partial charge in [-0.1, -0.05) is 29.8 Å². The van der Waals surface area contributed by atoms with Gasteiger partial charge in [-0.05, 0) is 86.2 Å². The smallest absolute Gasteiger partial charge is 0.174 e. The molecular weight excluding hydrogens is 464 g/mol. The number of hydrogen-bond donors (Lipinski definition) is 1. The average Bonchev–Trinajstić information content (AvgIpc) is 3.35. The van der Waals surface area contributed by atoms with Gasteiger partial charge in [-0.15, -0.1) is 0 Å². The second-order valence-corrected chi connectivity index (χ2v) is 9.10. The largest absolute Gasteiger partial charge is 0.497 e. The van der Waals surface area contributed by atoms with Crippen LogP contribution in [0, 0.1) is 13.8 Å². The third-order valence-electron chi connectivity index (χ3n) is 6.33. The summed E-state index contributed by atoms with van der Waals surface area (Å²) in [6.07, 6.45) is 1.82. The molecule has 0 unspecified atom stereocenters. The highest BCUT2D eigenvalue weighted by molar-refractivity contribution is 7.80. The molecule has 0 radical (unpaired) electrons. The van der Waals surface area contributed by atoms with E-state index in [0.717, 1.165) is 39.8 Å². The Hall–Kier alpha value is -3.35. The van der Waals surface area contributed by atoms with Crippen LogP contribution in [0.5, 0.6) is 5.75 Å². The van der Waals surface area contributed by atoms with Gasteiger partial charge in [-0.25, -0.2) is 0 Å². The maximum Gasteiger partial charge on any atom is 0.174 e. The first-order valence-electron chi connectivity index (χ1n) is 11.1. The van der Waals surface area contributed by atoms with Crippen molar-refractivity contribution >= 4 is 34.6 Å². The number of nitrogens with one attached hydrogen (secondary N) is 1. The fraction of sp³-hybridized carbons (Fsp3) is 0.185. The van der Waals surface area contributed by atoms with Gasteiger partial charge in [0, 0.05) is 23.3 Å². The molecule has 1 saturated heterocycles. The van der Waals surface area contributed by atoms with Crippen LogP contribution < -0.4 is 15.0 Å². The summed E-state index contributed by atoms with van der Waals surface area (Å²) in [5.74, 6) is 0.802. The van der Waals surface area contributed by atoms with Crippen molar-refractivity contribution in [3.05, 3.63) is 107 Å². The van der Waals surface area contributed by atoms with E-state index < -0.39 is 0 Å². The Kier molecular flexibility index (Phi) is 6.02. The van der Waals surface area contributed by atoms with Crippen molar-refractivity contribution < 1.29 is 4.74 Å². The normalized spacial score (nSPS) is 17.6. The third kappa shape index (κ3) is 3.83. The Morgan fingerprint density at radius 3 is 2.41 bits per heavy atom. The number of aryl methyl sites for hydroxylation is 1. The lowest BCUT2D eigenvalue weighted by Crippen LogP contribution is -2.29. The van der Waals surface area contributed by atoms with E-state index in [9.17, 15) is 0 Å². The Morgan fingerprint density at radius 1 is 1.00 bits per heavy atom. The van der Waals surface area contributed by atoms with Crippen LogP contribution in [0.4, 0.5) is 5.69 Å². The Bertz CT molecular complexity index is 1340. The first-order chi connectivity index (χ1) is 16.5. The van der Waals surface area contributed by atoms with Gasteiger partial charge in [0.05, 0.1) is 35.6 Å². The lowest BCUT2D eigenvalue weighted by molar-refractivity contribution is 0.415. The van der Waals surface area contributed by atoms with E-state index in [4.69, 9.17) is 28.6 Å². The van der Waals surface area contributed by atoms with Crippen molar-refractivity contribution in [2.24, 2.45) is 0 Å². The Balaban J connectivity index is 1.68. The minimum Gasteiger partial charge on any atom is -0.497 e. The molecule has 2 aromatic carbocycles. The van der Waals surface area contributed by atoms with E-state index in [-0.39, 0.29) is 12.1 Å². The number of methoxy groups -OCH3 is 1. The number of benzene rings is 2. The van der Waals surface area contributed by atoms with Gasteiger partial charge in [0.25, 0.3) is 0 Å². The number of ether oxygens (including phenoxy) is 1. The molecule has 1 aliphatic heterocycles. The molecule has 1 N–H and O–H groups in total. The molecule has 1 fully saturated rings. The molecule has 2 aromatic heterocycles. The van der Waals surface area contributed by atoms with E-state index in [1.807, 2.05) is 72.9 Å². The SMILES string of the molecule is COc1ccc(N2C(=S)N[C@@H](c3ccccn3)[C@H]2c2cc(C)n(-c3ccccc3Cl)c2C)cc1. The van der Waals surface area contributed by atoms with E-state index in [1.165, 1.54) is 0 Å². The molecule has 0 saturated carbocycles. The highest BCUT2D eigenvalue weighted by Crippen LogP contribution is 2.44. The fourth-order valence-electron chi connectivity index (χ4n) is 4.78. The quantitative estimate of drug-likeness (QED) is 0.332. The van der Waals surface area contributed by atoms with Crippen molar-refractivity contribution in [2.45, 2.75) is 25.9 Å². The first-order valence-corrected chi connectivity index (χ1v) is 11.9. The maximum absolute atomic E-state index is 6.59. The van der Waals surface area contributed by atoms with Crippen LogP contribution >= 0.6 is 23.8 Å². The minimum absolute atomic E-state index is 0.0989. The standard InChI is InChI=1S/C27H25ClN4OS/c1-17-16-21(18(2)31(17)24-10-5-4-8-22(24)28)26-25(23-9-6-7-15-29-23)30-27(34)32(26)19-11-13-20(33-3)14-12-19/h4-16,25-26H,1-3H3,(H,30,34)/t25-,26+/m0/s1. The van der Waals surface area contributed by atoms with Gasteiger partial charge in [-0.3, -0.25) is 4.98 Å². The van der Waals surface area contributed by atoms with Crippen LogP contribution in [-0.4, -0.2) is 21.8 Å². The van der Waals surface area contributed by atoms with Gasteiger partial charge < -0.3 is 19.5 Å². The monoisotopic (exact) mass is 488 g/mol. The molecule has 5 rings (SSSR count). The Morgan fingerprint density at radius 2 is 1.74 bits per heavy atom. The number of aromatic nitrogens is 2. The number of anilines is 1. The van der Waals surface area contributed by atoms with Crippen LogP contribution in [0.3, 0.4) is 0 Å². The van der Waals surface area contributed by atoms with Gasteiger partial charge >= 0.3 is 0 Å².